The Morgan fingerprint density at radius 1 is 1.03 bits per heavy atom. The highest BCUT2D eigenvalue weighted by Gasteiger charge is 2.21. The highest BCUT2D eigenvalue weighted by atomic mass is 32.2. The molecule has 1 aliphatic rings. The number of hydrogen-bond donors (Lipinski definition) is 0. The molecule has 1 aromatic rings. The highest BCUT2D eigenvalue weighted by Crippen LogP contribution is 2.19. The quantitative estimate of drug-likeness (QED) is 0.333. The average Bonchev–Trinajstić information content (AvgIpc) is 3.24. The summed E-state index contributed by atoms with van der Waals surface area (Å²) in [6.07, 6.45) is 11.7. The van der Waals surface area contributed by atoms with Gasteiger partial charge in [0.1, 0.15) is 6.61 Å². The topological polar surface area (TPSA) is 59.0 Å². The van der Waals surface area contributed by atoms with Crippen LogP contribution in [0.1, 0.15) is 78.1 Å². The van der Waals surface area contributed by atoms with E-state index >= 15 is 0 Å². The van der Waals surface area contributed by atoms with Crippen LogP contribution in [0.2, 0.25) is 0 Å². The molecular formula is C24H40N2O3S. The normalized spacial score (nSPS) is 17.7. The van der Waals surface area contributed by atoms with E-state index in [4.69, 9.17) is 4.74 Å². The second kappa shape index (κ2) is 13.1. The van der Waals surface area contributed by atoms with Crippen molar-refractivity contribution in [2.75, 3.05) is 20.2 Å². The van der Waals surface area contributed by atoms with Gasteiger partial charge in [-0.15, -0.1) is 0 Å². The average molecular weight is 437 g/mol. The minimum atomic E-state index is -3.35. The van der Waals surface area contributed by atoms with E-state index in [1.165, 1.54) is 42.8 Å². The van der Waals surface area contributed by atoms with Gasteiger partial charge >= 0.3 is 0 Å². The first-order valence-corrected chi connectivity index (χ1v) is 13.1. The lowest BCUT2D eigenvalue weighted by atomic mass is 10.0. The van der Waals surface area contributed by atoms with Crippen molar-refractivity contribution < 1.29 is 13.2 Å². The van der Waals surface area contributed by atoms with Crippen LogP contribution in [0.4, 0.5) is 0 Å². The van der Waals surface area contributed by atoms with Gasteiger partial charge in [0.05, 0.1) is 10.9 Å². The molecule has 0 fully saturated rings. The molecule has 30 heavy (non-hydrogen) atoms. The predicted octanol–water partition coefficient (Wildman–Crippen LogP) is 5.66. The molecule has 0 aliphatic carbocycles. The van der Waals surface area contributed by atoms with E-state index in [1.807, 2.05) is 6.07 Å². The first kappa shape index (κ1) is 24.9. The SMILES string of the molecule is CC[C@@H]1COC([C@@H](C)CCCCCCCCCCN(C)S(=O)(=O)c2ccccc2)=N1. The second-order valence-electron chi connectivity index (χ2n) is 8.50. The fraction of sp³-hybridized carbons (Fsp3) is 0.708. The smallest absolute Gasteiger partial charge is 0.242 e. The molecule has 0 N–H and O–H groups in total. The van der Waals surface area contributed by atoms with Gasteiger partial charge in [0.15, 0.2) is 5.90 Å². The number of unbranched alkanes of at least 4 members (excludes halogenated alkanes) is 7. The Balaban J connectivity index is 1.47. The third-order valence-electron chi connectivity index (χ3n) is 5.94. The van der Waals surface area contributed by atoms with Crippen LogP contribution < -0.4 is 0 Å². The van der Waals surface area contributed by atoms with Crippen LogP contribution in [0.3, 0.4) is 0 Å². The molecule has 2 atom stereocenters. The van der Waals surface area contributed by atoms with Gasteiger partial charge in [-0.1, -0.05) is 77.0 Å². The number of ether oxygens (including phenoxy) is 1. The maximum atomic E-state index is 12.5. The fourth-order valence-corrected chi connectivity index (χ4v) is 5.01. The molecule has 1 aliphatic heterocycles. The third-order valence-corrected chi connectivity index (χ3v) is 7.81. The zero-order chi connectivity index (χ0) is 21.8. The van der Waals surface area contributed by atoms with E-state index in [-0.39, 0.29) is 0 Å². The van der Waals surface area contributed by atoms with Gasteiger partial charge in [-0.05, 0) is 31.4 Å². The lowest BCUT2D eigenvalue weighted by Crippen LogP contribution is -2.27. The summed E-state index contributed by atoms with van der Waals surface area (Å²) in [6.45, 7) is 5.74. The first-order chi connectivity index (χ1) is 14.4. The maximum absolute atomic E-state index is 12.5. The number of sulfonamides is 1. The van der Waals surface area contributed by atoms with Crippen molar-refractivity contribution in [1.82, 2.24) is 4.31 Å². The third kappa shape index (κ3) is 8.03. The summed E-state index contributed by atoms with van der Waals surface area (Å²) in [7, 11) is -1.67. The van der Waals surface area contributed by atoms with Gasteiger partial charge in [0, 0.05) is 19.5 Å². The van der Waals surface area contributed by atoms with E-state index < -0.39 is 10.0 Å². The fourth-order valence-electron chi connectivity index (χ4n) is 3.78. The number of nitrogens with zero attached hydrogens (tertiary/aromatic N) is 2. The molecule has 6 heteroatoms. The first-order valence-electron chi connectivity index (χ1n) is 11.7. The summed E-state index contributed by atoms with van der Waals surface area (Å²) >= 11 is 0. The zero-order valence-electron chi connectivity index (χ0n) is 19.1. The molecule has 0 saturated carbocycles. The Bertz CT molecular complexity index is 734. The molecule has 0 spiro atoms. The maximum Gasteiger partial charge on any atom is 0.242 e. The van der Waals surface area contributed by atoms with Gasteiger partial charge in [-0.25, -0.2) is 17.7 Å². The molecule has 2 rings (SSSR count). The lowest BCUT2D eigenvalue weighted by molar-refractivity contribution is 0.294. The Morgan fingerprint density at radius 3 is 2.23 bits per heavy atom. The van der Waals surface area contributed by atoms with Crippen LogP contribution in [-0.4, -0.2) is 44.9 Å². The van der Waals surface area contributed by atoms with Crippen LogP contribution in [0.5, 0.6) is 0 Å². The largest absolute Gasteiger partial charge is 0.478 e. The molecule has 0 amide bonds. The Labute approximate surface area is 184 Å². The van der Waals surface area contributed by atoms with E-state index in [9.17, 15) is 8.42 Å². The summed E-state index contributed by atoms with van der Waals surface area (Å²) in [5.41, 5.74) is 0. The molecule has 1 heterocycles. The zero-order valence-corrected chi connectivity index (χ0v) is 19.9. The molecule has 5 nitrogen and oxygen atoms in total. The summed E-state index contributed by atoms with van der Waals surface area (Å²) in [5, 5.41) is 0. The highest BCUT2D eigenvalue weighted by molar-refractivity contribution is 7.89. The number of benzene rings is 1. The van der Waals surface area contributed by atoms with Crippen molar-refractivity contribution in [1.29, 1.82) is 0 Å². The Kier molecular flexibility index (Phi) is 10.9. The van der Waals surface area contributed by atoms with Crippen molar-refractivity contribution in [2.24, 2.45) is 10.9 Å². The minimum Gasteiger partial charge on any atom is -0.478 e. The van der Waals surface area contributed by atoms with Gasteiger partial charge in [0.2, 0.25) is 10.0 Å². The summed E-state index contributed by atoms with van der Waals surface area (Å²) < 4.78 is 32.1. The van der Waals surface area contributed by atoms with Crippen LogP contribution in [0, 0.1) is 5.92 Å². The van der Waals surface area contributed by atoms with E-state index in [1.54, 1.807) is 31.3 Å². The molecule has 0 bridgehead atoms. The summed E-state index contributed by atoms with van der Waals surface area (Å²) in [6, 6.07) is 9.05. The minimum absolute atomic E-state index is 0.374. The van der Waals surface area contributed by atoms with E-state index in [0.717, 1.165) is 38.2 Å². The number of hydrogen-bond acceptors (Lipinski definition) is 4. The molecule has 1 aromatic carbocycles. The van der Waals surface area contributed by atoms with Gasteiger partial charge in [-0.3, -0.25) is 0 Å². The van der Waals surface area contributed by atoms with Crippen LogP contribution in [-0.2, 0) is 14.8 Å². The Morgan fingerprint density at radius 2 is 1.63 bits per heavy atom. The van der Waals surface area contributed by atoms with Crippen molar-refractivity contribution in [3.8, 4) is 0 Å². The predicted molar refractivity (Wildman–Crippen MR) is 124 cm³/mol. The standard InChI is InChI=1S/C24H40N2O3S/c1-4-22-20-29-24(25-22)21(2)16-12-9-7-5-6-8-10-15-19-26(3)30(27,28)23-17-13-11-14-18-23/h11,13-14,17-18,21-22H,4-10,12,15-16,19-20H2,1-3H3/t21-,22+/m0/s1. The molecule has 0 unspecified atom stereocenters. The van der Waals surface area contributed by atoms with Crippen molar-refractivity contribution in [2.45, 2.75) is 89.0 Å². The number of aliphatic imine (C=N–C) groups is 1. The molecule has 0 saturated heterocycles. The van der Waals surface area contributed by atoms with Crippen molar-refractivity contribution >= 4 is 15.9 Å². The Hall–Kier alpha value is -1.40. The number of rotatable bonds is 15. The molecule has 0 radical (unpaired) electrons. The molecular weight excluding hydrogens is 396 g/mol. The monoisotopic (exact) mass is 436 g/mol. The van der Waals surface area contributed by atoms with Crippen molar-refractivity contribution in [3.05, 3.63) is 30.3 Å². The molecule has 0 aromatic heterocycles. The van der Waals surface area contributed by atoms with Crippen molar-refractivity contribution in [3.63, 3.8) is 0 Å². The van der Waals surface area contributed by atoms with Crippen LogP contribution in [0.15, 0.2) is 40.2 Å². The molecule has 170 valence electrons. The summed E-state index contributed by atoms with van der Waals surface area (Å²) in [5.74, 6) is 1.42. The second-order valence-corrected chi connectivity index (χ2v) is 10.5. The van der Waals surface area contributed by atoms with Gasteiger partial charge < -0.3 is 4.74 Å². The van der Waals surface area contributed by atoms with Crippen LogP contribution >= 0.6 is 0 Å². The van der Waals surface area contributed by atoms with E-state index in [0.29, 0.717) is 23.4 Å². The van der Waals surface area contributed by atoms with Gasteiger partial charge in [0.25, 0.3) is 0 Å². The van der Waals surface area contributed by atoms with E-state index in [2.05, 4.69) is 18.8 Å². The van der Waals surface area contributed by atoms with Crippen LogP contribution in [0.25, 0.3) is 0 Å². The van der Waals surface area contributed by atoms with Gasteiger partial charge in [-0.2, -0.15) is 0 Å². The summed E-state index contributed by atoms with van der Waals surface area (Å²) in [4.78, 5) is 5.03. The lowest BCUT2D eigenvalue weighted by Gasteiger charge is -2.17.